The number of aromatic nitrogens is 2. The molecule has 30 heavy (non-hydrogen) atoms. The van der Waals surface area contributed by atoms with Crippen LogP contribution in [0.2, 0.25) is 5.02 Å². The molecule has 1 saturated carbocycles. The van der Waals surface area contributed by atoms with Gasteiger partial charge in [0.2, 0.25) is 5.91 Å². The molecule has 1 aromatic carbocycles. The Hall–Kier alpha value is -2.74. The van der Waals surface area contributed by atoms with Crippen molar-refractivity contribution in [1.29, 1.82) is 0 Å². The topological polar surface area (TPSA) is 95.2 Å². The Morgan fingerprint density at radius 3 is 2.60 bits per heavy atom. The van der Waals surface area contributed by atoms with Gasteiger partial charge < -0.3 is 15.2 Å². The number of H-pyrrole nitrogens is 1. The minimum atomic E-state index is -0.457. The van der Waals surface area contributed by atoms with Crippen molar-refractivity contribution < 1.29 is 18.8 Å². The number of carbonyl (C=O) groups is 3. The molecule has 1 aromatic heterocycles. The summed E-state index contributed by atoms with van der Waals surface area (Å²) in [5, 5.41) is 3.11. The number of amides is 2. The van der Waals surface area contributed by atoms with Crippen LogP contribution in [0.4, 0.5) is 10.1 Å². The van der Waals surface area contributed by atoms with Gasteiger partial charge in [-0.15, -0.1) is 0 Å². The van der Waals surface area contributed by atoms with Crippen LogP contribution in [0.25, 0.3) is 0 Å². The van der Waals surface area contributed by atoms with Gasteiger partial charge in [0.1, 0.15) is 17.2 Å². The van der Waals surface area contributed by atoms with Crippen molar-refractivity contribution in [3.8, 4) is 0 Å². The smallest absolute Gasteiger partial charge is 0.270 e. The lowest BCUT2D eigenvalue weighted by Crippen LogP contribution is -2.41. The highest BCUT2D eigenvalue weighted by molar-refractivity contribution is 6.33. The van der Waals surface area contributed by atoms with Crippen molar-refractivity contribution in [2.75, 3.05) is 11.9 Å². The molecular weight excluding hydrogens is 411 g/mol. The third-order valence-electron chi connectivity index (χ3n) is 5.46. The van der Waals surface area contributed by atoms with Crippen LogP contribution in [-0.4, -0.2) is 40.7 Å². The Bertz CT molecular complexity index is 953. The largest absolute Gasteiger partial charge is 0.348 e. The van der Waals surface area contributed by atoms with Crippen molar-refractivity contribution in [1.82, 2.24) is 15.3 Å². The maximum atomic E-state index is 13.3. The number of carbonyl (C=O) groups excluding carboxylic acids is 3. The van der Waals surface area contributed by atoms with Gasteiger partial charge in [-0.1, -0.05) is 18.5 Å². The lowest BCUT2D eigenvalue weighted by Gasteiger charge is -2.31. The number of imidazole rings is 1. The summed E-state index contributed by atoms with van der Waals surface area (Å²) in [5.41, 5.74) is 0.785. The molecule has 2 aromatic rings. The van der Waals surface area contributed by atoms with Crippen LogP contribution in [0.1, 0.15) is 60.0 Å². The van der Waals surface area contributed by atoms with Crippen molar-refractivity contribution in [3.05, 3.63) is 46.8 Å². The van der Waals surface area contributed by atoms with Gasteiger partial charge in [-0.2, -0.15) is 0 Å². The summed E-state index contributed by atoms with van der Waals surface area (Å²) >= 11 is 6.07. The number of rotatable bonds is 6. The van der Waals surface area contributed by atoms with Crippen LogP contribution in [0.3, 0.4) is 0 Å². The van der Waals surface area contributed by atoms with E-state index in [1.807, 2.05) is 0 Å². The molecular formula is C21H24ClFN4O3. The fourth-order valence-corrected chi connectivity index (χ4v) is 4.03. The van der Waals surface area contributed by atoms with Crippen molar-refractivity contribution in [3.63, 3.8) is 0 Å². The van der Waals surface area contributed by atoms with E-state index in [0.717, 1.165) is 0 Å². The molecule has 2 N–H and O–H groups in total. The maximum absolute atomic E-state index is 13.3. The summed E-state index contributed by atoms with van der Waals surface area (Å²) in [6, 6.07) is 3.85. The third-order valence-corrected chi connectivity index (χ3v) is 5.77. The Kier molecular flexibility index (Phi) is 6.87. The van der Waals surface area contributed by atoms with E-state index in [9.17, 15) is 18.8 Å². The Morgan fingerprint density at radius 2 is 1.97 bits per heavy atom. The van der Waals surface area contributed by atoms with Crippen molar-refractivity contribution >= 4 is 34.9 Å². The lowest BCUT2D eigenvalue weighted by molar-refractivity contribution is -0.123. The van der Waals surface area contributed by atoms with E-state index in [0.29, 0.717) is 31.4 Å². The predicted molar refractivity (Wildman–Crippen MR) is 111 cm³/mol. The standard InChI is InChI=1S/C21H24ClFN4O3/c1-3-17(28)18-19(25-11-24-18)20(29)26-14-7-4-12(5-8-14)21(30)27(2)16-9-6-13(23)10-15(16)22/h6,9-12,14H,3-5,7-8H2,1-2H3,(H,24,25)(H,26,29). The van der Waals surface area contributed by atoms with Crippen LogP contribution in [0.5, 0.6) is 0 Å². The van der Waals surface area contributed by atoms with Crippen LogP contribution in [0.15, 0.2) is 24.5 Å². The lowest BCUT2D eigenvalue weighted by atomic mass is 9.85. The molecule has 9 heteroatoms. The fourth-order valence-electron chi connectivity index (χ4n) is 3.73. The van der Waals surface area contributed by atoms with E-state index in [4.69, 9.17) is 11.6 Å². The first-order valence-corrected chi connectivity index (χ1v) is 10.3. The molecule has 0 saturated heterocycles. The summed E-state index contributed by atoms with van der Waals surface area (Å²) in [7, 11) is 1.62. The van der Waals surface area contributed by atoms with E-state index < -0.39 is 5.82 Å². The van der Waals surface area contributed by atoms with Gasteiger partial charge in [0.15, 0.2) is 5.78 Å². The van der Waals surface area contributed by atoms with Crippen molar-refractivity contribution in [2.45, 2.75) is 45.1 Å². The molecule has 2 amide bonds. The normalized spacial score (nSPS) is 18.7. The molecule has 1 aliphatic carbocycles. The molecule has 7 nitrogen and oxygen atoms in total. The SMILES string of the molecule is CCC(=O)c1nc[nH]c1C(=O)NC1CCC(C(=O)N(C)c2ccc(F)cc2Cl)CC1. The van der Waals surface area contributed by atoms with E-state index >= 15 is 0 Å². The first kappa shape index (κ1) is 22.0. The fraction of sp³-hybridized carbons (Fsp3) is 0.429. The van der Waals surface area contributed by atoms with Crippen LogP contribution < -0.4 is 10.2 Å². The highest BCUT2D eigenvalue weighted by atomic mass is 35.5. The number of aromatic amines is 1. The zero-order valence-electron chi connectivity index (χ0n) is 16.9. The van der Waals surface area contributed by atoms with Gasteiger partial charge in [0.25, 0.3) is 5.91 Å². The average molecular weight is 435 g/mol. The Morgan fingerprint density at radius 1 is 1.27 bits per heavy atom. The molecule has 160 valence electrons. The van der Waals surface area contributed by atoms with Crippen LogP contribution in [-0.2, 0) is 4.79 Å². The predicted octanol–water partition coefficient (Wildman–Crippen LogP) is 3.75. The number of anilines is 1. The van der Waals surface area contributed by atoms with Crippen LogP contribution in [0, 0.1) is 11.7 Å². The summed E-state index contributed by atoms with van der Waals surface area (Å²) in [6.45, 7) is 1.72. The number of hydrogen-bond acceptors (Lipinski definition) is 4. The van der Waals surface area contributed by atoms with Crippen molar-refractivity contribution in [2.24, 2.45) is 5.92 Å². The number of nitrogens with one attached hydrogen (secondary N) is 2. The zero-order chi connectivity index (χ0) is 21.8. The summed E-state index contributed by atoms with van der Waals surface area (Å²) in [5.74, 6) is -1.30. The quantitative estimate of drug-likeness (QED) is 0.677. The molecule has 0 bridgehead atoms. The second kappa shape index (κ2) is 9.38. The zero-order valence-corrected chi connectivity index (χ0v) is 17.6. The second-order valence-electron chi connectivity index (χ2n) is 7.42. The summed E-state index contributed by atoms with van der Waals surface area (Å²) < 4.78 is 13.3. The Labute approximate surface area is 179 Å². The van der Waals surface area contributed by atoms with E-state index in [2.05, 4.69) is 15.3 Å². The van der Waals surface area contributed by atoms with Gasteiger partial charge in [0, 0.05) is 25.4 Å². The molecule has 0 unspecified atom stereocenters. The minimum Gasteiger partial charge on any atom is -0.348 e. The average Bonchev–Trinajstić information content (AvgIpc) is 3.23. The first-order chi connectivity index (χ1) is 14.3. The molecule has 0 spiro atoms. The summed E-state index contributed by atoms with van der Waals surface area (Å²) in [6.07, 6.45) is 4.09. The molecule has 0 aliphatic heterocycles. The third kappa shape index (κ3) is 4.70. The van der Waals surface area contributed by atoms with E-state index in [1.54, 1.807) is 14.0 Å². The molecule has 0 radical (unpaired) electrons. The number of benzene rings is 1. The molecule has 1 fully saturated rings. The number of nitrogens with zero attached hydrogens (tertiary/aromatic N) is 2. The van der Waals surface area contributed by atoms with Gasteiger partial charge in [-0.05, 0) is 43.9 Å². The molecule has 1 heterocycles. The molecule has 0 atom stereocenters. The van der Waals surface area contributed by atoms with Gasteiger partial charge >= 0.3 is 0 Å². The second-order valence-corrected chi connectivity index (χ2v) is 7.83. The number of hydrogen-bond donors (Lipinski definition) is 2. The summed E-state index contributed by atoms with van der Waals surface area (Å²) in [4.78, 5) is 45.4. The number of ketones is 1. The van der Waals surface area contributed by atoms with Gasteiger partial charge in [-0.25, -0.2) is 9.37 Å². The molecule has 3 rings (SSSR count). The van der Waals surface area contributed by atoms with E-state index in [1.165, 1.54) is 29.4 Å². The maximum Gasteiger partial charge on any atom is 0.270 e. The van der Waals surface area contributed by atoms with Gasteiger partial charge in [0.05, 0.1) is 17.0 Å². The first-order valence-electron chi connectivity index (χ1n) is 9.91. The minimum absolute atomic E-state index is 0.0855. The Balaban J connectivity index is 1.57. The van der Waals surface area contributed by atoms with Crippen LogP contribution >= 0.6 is 11.6 Å². The van der Waals surface area contributed by atoms with E-state index in [-0.39, 0.29) is 52.4 Å². The van der Waals surface area contributed by atoms with Gasteiger partial charge in [-0.3, -0.25) is 14.4 Å². The molecule has 1 aliphatic rings. The monoisotopic (exact) mass is 434 g/mol. The number of halogens is 2. The highest BCUT2D eigenvalue weighted by Gasteiger charge is 2.31. The highest BCUT2D eigenvalue weighted by Crippen LogP contribution is 2.31. The number of Topliss-reactive ketones (excluding diaryl/α,β-unsaturated/α-hetero) is 1.